The summed E-state index contributed by atoms with van der Waals surface area (Å²) in [4.78, 5) is 16.4. The molecule has 1 heterocycles. The van der Waals surface area contributed by atoms with Crippen LogP contribution in [0.2, 0.25) is 0 Å². The molecule has 1 aliphatic heterocycles. The summed E-state index contributed by atoms with van der Waals surface area (Å²) in [5.41, 5.74) is 0. The Balaban J connectivity index is 2.38. The largest absolute Gasteiger partial charge is 0.354 e. The summed E-state index contributed by atoms with van der Waals surface area (Å²) in [7, 11) is 0. The Morgan fingerprint density at radius 3 is 2.56 bits per heavy atom. The lowest BCUT2D eigenvalue weighted by molar-refractivity contribution is -0.122. The molecule has 2 atom stereocenters. The molecule has 1 rings (SSSR count). The fourth-order valence-corrected chi connectivity index (χ4v) is 2.78. The zero-order valence-electron chi connectivity index (χ0n) is 12.0. The molecule has 4 nitrogen and oxygen atoms in total. The van der Waals surface area contributed by atoms with E-state index < -0.39 is 0 Å². The van der Waals surface area contributed by atoms with Crippen LogP contribution >= 0.6 is 11.8 Å². The van der Waals surface area contributed by atoms with Crippen molar-refractivity contribution in [1.29, 1.82) is 0 Å². The third-order valence-electron chi connectivity index (χ3n) is 2.86. The van der Waals surface area contributed by atoms with Gasteiger partial charge in [-0.15, -0.1) is 0 Å². The van der Waals surface area contributed by atoms with Gasteiger partial charge in [0.05, 0.1) is 6.04 Å². The van der Waals surface area contributed by atoms with Gasteiger partial charge in [0.15, 0.2) is 5.17 Å². The van der Waals surface area contributed by atoms with Crippen LogP contribution in [0.3, 0.4) is 0 Å². The molecule has 1 aliphatic rings. The van der Waals surface area contributed by atoms with Gasteiger partial charge in [-0.1, -0.05) is 39.5 Å². The third kappa shape index (κ3) is 4.88. The van der Waals surface area contributed by atoms with Crippen molar-refractivity contribution in [3.63, 3.8) is 0 Å². The molecule has 5 heteroatoms. The molecule has 0 radical (unpaired) electrons. The average molecular weight is 271 g/mol. The number of thioether (sulfide) groups is 1. The lowest BCUT2D eigenvalue weighted by Gasteiger charge is -2.15. The first kappa shape index (κ1) is 15.3. The minimum Gasteiger partial charge on any atom is -0.354 e. The highest BCUT2D eigenvalue weighted by Gasteiger charge is 2.23. The quantitative estimate of drug-likeness (QED) is 0.802. The van der Waals surface area contributed by atoms with E-state index in [2.05, 4.69) is 43.3 Å². The van der Waals surface area contributed by atoms with E-state index in [1.165, 1.54) is 0 Å². The van der Waals surface area contributed by atoms with Gasteiger partial charge in [0, 0.05) is 12.3 Å². The molecule has 104 valence electrons. The number of nitrogens with zero attached hydrogens (tertiary/aromatic N) is 1. The van der Waals surface area contributed by atoms with Gasteiger partial charge in [0.25, 0.3) is 0 Å². The first-order valence-electron chi connectivity index (χ1n) is 6.65. The molecule has 0 aromatic carbocycles. The van der Waals surface area contributed by atoms with Gasteiger partial charge in [-0.3, -0.25) is 9.79 Å². The molecule has 0 aliphatic carbocycles. The monoisotopic (exact) mass is 271 g/mol. The zero-order valence-corrected chi connectivity index (χ0v) is 12.8. The zero-order chi connectivity index (χ0) is 13.7. The summed E-state index contributed by atoms with van der Waals surface area (Å²) in [6.45, 7) is 11.1. The summed E-state index contributed by atoms with van der Waals surface area (Å²) < 4.78 is 0. The highest BCUT2D eigenvalue weighted by atomic mass is 32.2. The van der Waals surface area contributed by atoms with E-state index in [1.807, 2.05) is 6.92 Å². The maximum Gasteiger partial charge on any atom is 0.242 e. The molecule has 0 bridgehead atoms. The highest BCUT2D eigenvalue weighted by Crippen LogP contribution is 2.22. The topological polar surface area (TPSA) is 53.5 Å². The SMILES string of the molecule is CC(C)CNC(=O)C(C)NC1=N[C@@H](C(C)C)CS1. The summed E-state index contributed by atoms with van der Waals surface area (Å²) in [6.07, 6.45) is 0. The number of carbonyl (C=O) groups excluding carboxylic acids is 1. The molecule has 18 heavy (non-hydrogen) atoms. The van der Waals surface area contributed by atoms with Gasteiger partial charge in [0.2, 0.25) is 5.91 Å². The molecular formula is C13H25N3OS. The maximum atomic E-state index is 11.8. The molecule has 0 aromatic heterocycles. The van der Waals surface area contributed by atoms with E-state index in [-0.39, 0.29) is 11.9 Å². The molecule has 0 saturated carbocycles. The molecular weight excluding hydrogens is 246 g/mol. The van der Waals surface area contributed by atoms with Crippen molar-refractivity contribution in [2.75, 3.05) is 12.3 Å². The second-order valence-corrected chi connectivity index (χ2v) is 6.57. The molecule has 1 amide bonds. The van der Waals surface area contributed by atoms with Gasteiger partial charge < -0.3 is 10.6 Å². The van der Waals surface area contributed by atoms with E-state index in [4.69, 9.17) is 0 Å². The Kier molecular flexibility index (Phi) is 5.99. The van der Waals surface area contributed by atoms with Gasteiger partial charge in [-0.25, -0.2) is 0 Å². The van der Waals surface area contributed by atoms with E-state index in [1.54, 1.807) is 11.8 Å². The van der Waals surface area contributed by atoms with Crippen LogP contribution in [0, 0.1) is 11.8 Å². The van der Waals surface area contributed by atoms with Crippen molar-refractivity contribution in [2.45, 2.75) is 46.7 Å². The number of aliphatic imine (C=N–C) groups is 1. The van der Waals surface area contributed by atoms with Gasteiger partial charge in [-0.2, -0.15) is 0 Å². The second-order valence-electron chi connectivity index (χ2n) is 5.56. The number of hydrogen-bond acceptors (Lipinski definition) is 4. The fourth-order valence-electron chi connectivity index (χ4n) is 1.52. The Hall–Kier alpha value is -0.710. The van der Waals surface area contributed by atoms with Gasteiger partial charge >= 0.3 is 0 Å². The molecule has 1 unspecified atom stereocenters. The van der Waals surface area contributed by atoms with Crippen molar-refractivity contribution < 1.29 is 4.79 Å². The number of rotatable bonds is 5. The maximum absolute atomic E-state index is 11.8. The Morgan fingerprint density at radius 1 is 1.39 bits per heavy atom. The van der Waals surface area contributed by atoms with Crippen LogP contribution < -0.4 is 10.6 Å². The van der Waals surface area contributed by atoms with Crippen molar-refractivity contribution in [2.24, 2.45) is 16.8 Å². The molecule has 2 N–H and O–H groups in total. The average Bonchev–Trinajstić information content (AvgIpc) is 2.74. The number of nitrogens with one attached hydrogen (secondary N) is 2. The van der Waals surface area contributed by atoms with Crippen molar-refractivity contribution >= 4 is 22.8 Å². The van der Waals surface area contributed by atoms with Crippen molar-refractivity contribution in [3.05, 3.63) is 0 Å². The normalized spacial score (nSPS) is 21.1. The van der Waals surface area contributed by atoms with Crippen molar-refractivity contribution in [3.8, 4) is 0 Å². The van der Waals surface area contributed by atoms with Gasteiger partial charge in [-0.05, 0) is 18.8 Å². The van der Waals surface area contributed by atoms with Crippen LogP contribution in [-0.4, -0.2) is 35.5 Å². The molecule has 0 spiro atoms. The predicted molar refractivity (Wildman–Crippen MR) is 79.0 cm³/mol. The molecule has 0 fully saturated rings. The van der Waals surface area contributed by atoms with Crippen molar-refractivity contribution in [1.82, 2.24) is 10.6 Å². The standard InChI is InChI=1S/C13H25N3OS/c1-8(2)6-14-12(17)10(5)15-13-16-11(7-18-13)9(3)4/h8-11H,6-7H2,1-5H3,(H,14,17)(H,15,16)/t10?,11-/m1/s1. The van der Waals surface area contributed by atoms with E-state index >= 15 is 0 Å². The molecule has 0 saturated heterocycles. The minimum atomic E-state index is -0.221. The third-order valence-corrected chi connectivity index (χ3v) is 3.87. The van der Waals surface area contributed by atoms with Crippen LogP contribution in [0.5, 0.6) is 0 Å². The lowest BCUT2D eigenvalue weighted by Crippen LogP contribution is -2.44. The summed E-state index contributed by atoms with van der Waals surface area (Å²) in [5.74, 6) is 2.09. The first-order chi connectivity index (χ1) is 8.40. The smallest absolute Gasteiger partial charge is 0.242 e. The van der Waals surface area contributed by atoms with E-state index in [0.717, 1.165) is 17.5 Å². The number of amidine groups is 1. The Morgan fingerprint density at radius 2 is 2.06 bits per heavy atom. The summed E-state index contributed by atoms with van der Waals surface area (Å²) >= 11 is 1.71. The van der Waals surface area contributed by atoms with E-state index in [0.29, 0.717) is 17.9 Å². The predicted octanol–water partition coefficient (Wildman–Crippen LogP) is 1.86. The Labute approximate surface area is 114 Å². The molecule has 0 aromatic rings. The number of amides is 1. The lowest BCUT2D eigenvalue weighted by atomic mass is 10.1. The van der Waals surface area contributed by atoms with Gasteiger partial charge in [0.1, 0.15) is 6.04 Å². The highest BCUT2D eigenvalue weighted by molar-refractivity contribution is 8.14. The minimum absolute atomic E-state index is 0.0417. The van der Waals surface area contributed by atoms with Crippen LogP contribution in [0.25, 0.3) is 0 Å². The number of hydrogen-bond donors (Lipinski definition) is 2. The number of carbonyl (C=O) groups is 1. The van der Waals surface area contributed by atoms with E-state index in [9.17, 15) is 4.79 Å². The summed E-state index contributed by atoms with van der Waals surface area (Å²) in [6, 6.07) is 0.157. The van der Waals surface area contributed by atoms with Crippen LogP contribution in [0.15, 0.2) is 4.99 Å². The second kappa shape index (κ2) is 7.02. The van der Waals surface area contributed by atoms with Crippen LogP contribution in [0.1, 0.15) is 34.6 Å². The fraction of sp³-hybridized carbons (Fsp3) is 0.846. The first-order valence-corrected chi connectivity index (χ1v) is 7.63. The Bertz CT molecular complexity index is 315. The van der Waals surface area contributed by atoms with Crippen LogP contribution in [-0.2, 0) is 4.79 Å². The summed E-state index contributed by atoms with van der Waals surface area (Å²) in [5, 5.41) is 7.02. The van der Waals surface area contributed by atoms with Crippen LogP contribution in [0.4, 0.5) is 0 Å².